The zero-order chi connectivity index (χ0) is 31.2. The molecule has 9 nitrogen and oxygen atoms in total. The molecule has 13 heteroatoms. The Labute approximate surface area is 249 Å². The third-order valence-corrected chi connectivity index (χ3v) is 8.52. The number of likely N-dealkylation sites (tertiary alicyclic amines) is 1. The van der Waals surface area contributed by atoms with E-state index in [1.807, 2.05) is 6.07 Å². The summed E-state index contributed by atoms with van der Waals surface area (Å²) >= 11 is 0. The van der Waals surface area contributed by atoms with Crippen LogP contribution in [0.25, 0.3) is 10.9 Å². The first-order valence-electron chi connectivity index (χ1n) is 13.8. The van der Waals surface area contributed by atoms with E-state index in [2.05, 4.69) is 27.4 Å². The van der Waals surface area contributed by atoms with E-state index in [1.165, 1.54) is 23.8 Å². The second-order valence-electron chi connectivity index (χ2n) is 10.5. The second-order valence-corrected chi connectivity index (χ2v) is 12.5. The highest BCUT2D eigenvalue weighted by Crippen LogP contribution is 2.32. The minimum absolute atomic E-state index is 0.0421. The van der Waals surface area contributed by atoms with Crippen molar-refractivity contribution in [1.82, 2.24) is 9.47 Å². The fourth-order valence-electron chi connectivity index (χ4n) is 5.16. The van der Waals surface area contributed by atoms with Crippen LogP contribution in [0.3, 0.4) is 0 Å². The van der Waals surface area contributed by atoms with Gasteiger partial charge in [0.2, 0.25) is 0 Å². The Balaban J connectivity index is 1.52. The minimum Gasteiger partial charge on any atom is -0.495 e. The van der Waals surface area contributed by atoms with Crippen LogP contribution in [0.5, 0.6) is 5.75 Å². The molecule has 0 amide bonds. The molecule has 2 aromatic carbocycles. The molecule has 1 fully saturated rings. The van der Waals surface area contributed by atoms with Gasteiger partial charge in [0.25, 0.3) is 0 Å². The average molecular weight is 623 g/mol. The zero-order valence-electron chi connectivity index (χ0n) is 24.4. The number of aliphatic hydroxyl groups excluding tert-OH is 1. The standard InChI is InChI=1S/C30H37F3N4O5S/c1-41-23(19-38)18-36-14-11-21(12-15-36)35-26-7-4-8-28-25(26)16-22(37(28)20-30(31,32)33)6-5-13-34-27-10-9-24(43(3,39)40)17-29(27)42-2/h4,7-10,16-17,21,23,34-35,38H,11-15,18-20H2,1-3H3/t23-/m1/s1. The lowest BCUT2D eigenvalue weighted by Crippen LogP contribution is -2.43. The van der Waals surface area contributed by atoms with Gasteiger partial charge >= 0.3 is 6.18 Å². The molecule has 0 aliphatic carbocycles. The van der Waals surface area contributed by atoms with Crippen molar-refractivity contribution in [3.63, 3.8) is 0 Å². The van der Waals surface area contributed by atoms with E-state index in [0.717, 1.165) is 37.9 Å². The highest BCUT2D eigenvalue weighted by atomic mass is 32.2. The van der Waals surface area contributed by atoms with Gasteiger partial charge in [-0.2, -0.15) is 13.2 Å². The number of ether oxygens (including phenoxy) is 2. The summed E-state index contributed by atoms with van der Waals surface area (Å²) in [5.74, 6) is 6.08. The summed E-state index contributed by atoms with van der Waals surface area (Å²) in [7, 11) is -0.428. The maximum Gasteiger partial charge on any atom is 0.406 e. The van der Waals surface area contributed by atoms with Crippen molar-refractivity contribution in [2.24, 2.45) is 0 Å². The molecule has 0 saturated carbocycles. The molecule has 1 saturated heterocycles. The van der Waals surface area contributed by atoms with Gasteiger partial charge in [-0.05, 0) is 49.1 Å². The molecular formula is C30H37F3N4O5S. The Hall–Kier alpha value is -3.44. The number of hydrogen-bond acceptors (Lipinski definition) is 8. The largest absolute Gasteiger partial charge is 0.495 e. The lowest BCUT2D eigenvalue weighted by molar-refractivity contribution is -0.140. The number of anilines is 2. The lowest BCUT2D eigenvalue weighted by atomic mass is 10.0. The molecule has 0 radical (unpaired) electrons. The molecule has 1 aliphatic heterocycles. The van der Waals surface area contributed by atoms with E-state index in [0.29, 0.717) is 28.9 Å². The maximum atomic E-state index is 13.6. The zero-order valence-corrected chi connectivity index (χ0v) is 25.2. The number of aromatic nitrogens is 1. The van der Waals surface area contributed by atoms with Crippen molar-refractivity contribution in [3.8, 4) is 17.6 Å². The first-order chi connectivity index (χ1) is 20.4. The molecule has 2 heterocycles. The second kappa shape index (κ2) is 13.9. The molecule has 1 aromatic heterocycles. The number of alkyl halides is 3. The van der Waals surface area contributed by atoms with Gasteiger partial charge in [-0.15, -0.1) is 0 Å². The van der Waals surface area contributed by atoms with E-state index in [1.54, 1.807) is 31.4 Å². The number of nitrogens with one attached hydrogen (secondary N) is 2. The molecule has 43 heavy (non-hydrogen) atoms. The van der Waals surface area contributed by atoms with E-state index >= 15 is 0 Å². The van der Waals surface area contributed by atoms with Crippen molar-refractivity contribution < 1.29 is 36.2 Å². The highest BCUT2D eigenvalue weighted by molar-refractivity contribution is 7.90. The molecule has 1 atom stereocenters. The Morgan fingerprint density at radius 3 is 2.49 bits per heavy atom. The fraction of sp³-hybridized carbons (Fsp3) is 0.467. The van der Waals surface area contributed by atoms with Crippen LogP contribution in [0.15, 0.2) is 47.4 Å². The van der Waals surface area contributed by atoms with Crippen LogP contribution in [0.4, 0.5) is 24.5 Å². The Morgan fingerprint density at radius 2 is 1.86 bits per heavy atom. The summed E-state index contributed by atoms with van der Waals surface area (Å²) in [6.07, 6.45) is -1.89. The summed E-state index contributed by atoms with van der Waals surface area (Å²) in [4.78, 5) is 2.34. The number of hydrogen-bond donors (Lipinski definition) is 3. The number of fused-ring (bicyclic) bond motifs is 1. The first kappa shape index (κ1) is 32.5. The SMILES string of the molecule is COc1cc(S(C)(=O)=O)ccc1NCC#Cc1cc2c(NC3CCN(C[C@H](CO)OC)CC3)cccc2n1CC(F)(F)F. The molecule has 0 unspecified atom stereocenters. The van der Waals surface area contributed by atoms with Gasteiger partial charge in [0.15, 0.2) is 9.84 Å². The third-order valence-electron chi connectivity index (χ3n) is 7.41. The van der Waals surface area contributed by atoms with E-state index in [9.17, 15) is 26.7 Å². The summed E-state index contributed by atoms with van der Waals surface area (Å²) < 4.78 is 76.2. The quantitative estimate of drug-likeness (QED) is 0.276. The summed E-state index contributed by atoms with van der Waals surface area (Å²) in [5, 5.41) is 16.6. The van der Waals surface area contributed by atoms with Crippen molar-refractivity contribution in [2.45, 2.75) is 42.6 Å². The van der Waals surface area contributed by atoms with Crippen LogP contribution in [-0.2, 0) is 21.1 Å². The number of sulfone groups is 1. The number of halogens is 3. The van der Waals surface area contributed by atoms with E-state index < -0.39 is 22.6 Å². The highest BCUT2D eigenvalue weighted by Gasteiger charge is 2.30. The summed E-state index contributed by atoms with van der Waals surface area (Å²) in [6, 6.07) is 11.5. The Kier molecular flexibility index (Phi) is 10.5. The first-order valence-corrected chi connectivity index (χ1v) is 15.7. The normalized spacial score (nSPS) is 15.6. The molecule has 3 N–H and O–H groups in total. The number of rotatable bonds is 11. The van der Waals surface area contributed by atoms with Gasteiger partial charge in [-0.1, -0.05) is 12.0 Å². The maximum absolute atomic E-state index is 13.6. The molecule has 4 rings (SSSR count). The summed E-state index contributed by atoms with van der Waals surface area (Å²) in [5.41, 5.74) is 1.92. The predicted molar refractivity (Wildman–Crippen MR) is 160 cm³/mol. The molecule has 0 spiro atoms. The third kappa shape index (κ3) is 8.57. The van der Waals surface area contributed by atoms with Crippen LogP contribution in [0.1, 0.15) is 18.5 Å². The lowest BCUT2D eigenvalue weighted by Gasteiger charge is -2.34. The molecule has 234 valence electrons. The van der Waals surface area contributed by atoms with Crippen molar-refractivity contribution >= 4 is 32.1 Å². The fourth-order valence-corrected chi connectivity index (χ4v) is 5.80. The van der Waals surface area contributed by atoms with Gasteiger partial charge < -0.3 is 34.7 Å². The van der Waals surface area contributed by atoms with Crippen molar-refractivity contribution in [2.75, 3.05) is 63.9 Å². The molecule has 1 aliphatic rings. The Morgan fingerprint density at radius 1 is 1.12 bits per heavy atom. The van der Waals surface area contributed by atoms with Crippen LogP contribution >= 0.6 is 0 Å². The number of aliphatic hydroxyl groups is 1. The monoisotopic (exact) mass is 622 g/mol. The van der Waals surface area contributed by atoms with Gasteiger partial charge in [-0.25, -0.2) is 8.42 Å². The smallest absolute Gasteiger partial charge is 0.406 e. The van der Waals surface area contributed by atoms with Crippen molar-refractivity contribution in [3.05, 3.63) is 48.2 Å². The van der Waals surface area contributed by atoms with E-state index in [-0.39, 0.29) is 35.9 Å². The van der Waals surface area contributed by atoms with Gasteiger partial charge in [0.05, 0.1) is 48.2 Å². The van der Waals surface area contributed by atoms with Gasteiger partial charge in [-0.3, -0.25) is 0 Å². The molecular weight excluding hydrogens is 585 g/mol. The molecule has 0 bridgehead atoms. The van der Waals surface area contributed by atoms with E-state index in [4.69, 9.17) is 9.47 Å². The number of piperidine rings is 1. The van der Waals surface area contributed by atoms with Crippen LogP contribution in [-0.4, -0.2) is 94.6 Å². The van der Waals surface area contributed by atoms with Crippen LogP contribution in [0.2, 0.25) is 0 Å². The number of benzene rings is 2. The number of methoxy groups -OCH3 is 2. The van der Waals surface area contributed by atoms with Crippen LogP contribution < -0.4 is 15.4 Å². The average Bonchev–Trinajstić information content (AvgIpc) is 3.30. The number of nitrogens with zero attached hydrogens (tertiary/aromatic N) is 2. The van der Waals surface area contributed by atoms with Gasteiger partial charge in [0, 0.05) is 56.2 Å². The predicted octanol–water partition coefficient (Wildman–Crippen LogP) is 3.96. The van der Waals surface area contributed by atoms with Crippen molar-refractivity contribution in [1.29, 1.82) is 0 Å². The Bertz CT molecular complexity index is 1570. The summed E-state index contributed by atoms with van der Waals surface area (Å²) in [6.45, 7) is 1.14. The van der Waals surface area contributed by atoms with Gasteiger partial charge in [0.1, 0.15) is 12.3 Å². The molecule has 3 aromatic rings. The minimum atomic E-state index is -4.44. The van der Waals surface area contributed by atoms with Crippen LogP contribution in [0, 0.1) is 11.8 Å². The topological polar surface area (TPSA) is 105 Å².